The molecule has 2 N–H and O–H groups in total. The van der Waals surface area contributed by atoms with E-state index in [-0.39, 0.29) is 6.61 Å². The van der Waals surface area contributed by atoms with Crippen LogP contribution in [0.5, 0.6) is 0 Å². The average molecular weight is 269 g/mol. The van der Waals surface area contributed by atoms with Gasteiger partial charge in [0.15, 0.2) is 5.82 Å². The van der Waals surface area contributed by atoms with Gasteiger partial charge in [-0.1, -0.05) is 29.8 Å². The van der Waals surface area contributed by atoms with E-state index in [1.54, 1.807) is 0 Å². The Hall–Kier alpha value is -1.94. The van der Waals surface area contributed by atoms with Crippen molar-refractivity contribution < 1.29 is 5.11 Å². The monoisotopic (exact) mass is 269 g/mol. The van der Waals surface area contributed by atoms with Crippen molar-refractivity contribution in [2.75, 3.05) is 18.5 Å². The number of fused-ring (bicyclic) bond motifs is 1. The van der Waals surface area contributed by atoms with Crippen LogP contribution >= 0.6 is 0 Å². The van der Waals surface area contributed by atoms with Gasteiger partial charge in [-0.2, -0.15) is 0 Å². The Morgan fingerprint density at radius 2 is 1.95 bits per heavy atom. The van der Waals surface area contributed by atoms with Crippen molar-refractivity contribution in [1.82, 2.24) is 9.97 Å². The Bertz CT molecular complexity index is 608. The summed E-state index contributed by atoms with van der Waals surface area (Å²) in [6, 6.07) is 8.27. The van der Waals surface area contributed by atoms with Gasteiger partial charge in [0, 0.05) is 23.4 Å². The quantitative estimate of drug-likeness (QED) is 0.894. The van der Waals surface area contributed by atoms with Crippen LogP contribution < -0.4 is 5.32 Å². The van der Waals surface area contributed by atoms with E-state index in [9.17, 15) is 0 Å². The zero-order chi connectivity index (χ0) is 13.9. The first kappa shape index (κ1) is 13.1. The number of nitrogens with one attached hydrogen (secondary N) is 1. The van der Waals surface area contributed by atoms with Crippen LogP contribution in [0.1, 0.15) is 23.2 Å². The van der Waals surface area contributed by atoms with Crippen molar-refractivity contribution in [2.45, 2.75) is 26.2 Å². The van der Waals surface area contributed by atoms with Crippen molar-refractivity contribution >= 4 is 5.82 Å². The number of hydrogen-bond acceptors (Lipinski definition) is 4. The molecular weight excluding hydrogens is 250 g/mol. The minimum absolute atomic E-state index is 0.110. The number of aliphatic hydroxyl groups excluding tert-OH is 1. The molecule has 20 heavy (non-hydrogen) atoms. The summed E-state index contributed by atoms with van der Waals surface area (Å²) in [7, 11) is 0. The summed E-state index contributed by atoms with van der Waals surface area (Å²) < 4.78 is 0. The van der Waals surface area contributed by atoms with Crippen molar-refractivity contribution in [3.05, 3.63) is 41.1 Å². The van der Waals surface area contributed by atoms with E-state index >= 15 is 0 Å². The van der Waals surface area contributed by atoms with Crippen LogP contribution in [0.4, 0.5) is 5.82 Å². The standard InChI is InChI=1S/C16H19N3O/c1-11-5-7-12(8-6-11)15-18-14-4-2-3-13(14)16(19-15)17-9-10-20/h5-8,20H,2-4,9-10H2,1H3,(H,17,18,19). The molecule has 1 aliphatic rings. The zero-order valence-corrected chi connectivity index (χ0v) is 11.7. The Balaban J connectivity index is 2.01. The number of anilines is 1. The first-order chi connectivity index (χ1) is 9.78. The molecule has 0 bridgehead atoms. The highest BCUT2D eigenvalue weighted by atomic mass is 16.3. The molecule has 0 atom stereocenters. The van der Waals surface area contributed by atoms with Crippen LogP contribution in [-0.2, 0) is 12.8 Å². The van der Waals surface area contributed by atoms with Crippen LogP contribution in [0.2, 0.25) is 0 Å². The molecule has 2 aromatic rings. The first-order valence-corrected chi connectivity index (χ1v) is 7.09. The lowest BCUT2D eigenvalue weighted by Crippen LogP contribution is -2.11. The fraction of sp³-hybridized carbons (Fsp3) is 0.375. The summed E-state index contributed by atoms with van der Waals surface area (Å²) in [5.74, 6) is 1.66. The molecular formula is C16H19N3O. The first-order valence-electron chi connectivity index (χ1n) is 7.09. The number of aromatic nitrogens is 2. The average Bonchev–Trinajstić information content (AvgIpc) is 2.94. The smallest absolute Gasteiger partial charge is 0.161 e. The van der Waals surface area contributed by atoms with Crippen molar-refractivity contribution in [2.24, 2.45) is 0 Å². The maximum Gasteiger partial charge on any atom is 0.161 e. The van der Waals surface area contributed by atoms with Crippen molar-refractivity contribution in [1.29, 1.82) is 0 Å². The molecule has 0 radical (unpaired) electrons. The van der Waals surface area contributed by atoms with Gasteiger partial charge in [-0.3, -0.25) is 0 Å². The van der Waals surface area contributed by atoms with E-state index in [1.165, 1.54) is 11.1 Å². The number of hydrogen-bond donors (Lipinski definition) is 2. The van der Waals surface area contributed by atoms with Crippen LogP contribution in [-0.4, -0.2) is 28.2 Å². The Kier molecular flexibility index (Phi) is 3.65. The molecule has 1 aliphatic carbocycles. The lowest BCUT2D eigenvalue weighted by atomic mass is 10.1. The van der Waals surface area contributed by atoms with Gasteiger partial charge in [0.2, 0.25) is 0 Å². The van der Waals surface area contributed by atoms with Gasteiger partial charge < -0.3 is 10.4 Å². The molecule has 0 saturated heterocycles. The molecule has 4 heteroatoms. The van der Waals surface area contributed by atoms with E-state index < -0.39 is 0 Å². The molecule has 0 fully saturated rings. The van der Waals surface area contributed by atoms with Gasteiger partial charge in [-0.05, 0) is 26.2 Å². The summed E-state index contributed by atoms with van der Waals surface area (Å²) in [5, 5.41) is 12.2. The van der Waals surface area contributed by atoms with E-state index in [2.05, 4.69) is 41.5 Å². The van der Waals surface area contributed by atoms with Crippen molar-refractivity contribution in [3.8, 4) is 11.4 Å². The van der Waals surface area contributed by atoms with Gasteiger partial charge in [-0.15, -0.1) is 0 Å². The lowest BCUT2D eigenvalue weighted by Gasteiger charge is -2.11. The van der Waals surface area contributed by atoms with E-state index in [1.807, 2.05) is 0 Å². The van der Waals surface area contributed by atoms with E-state index in [4.69, 9.17) is 10.1 Å². The van der Waals surface area contributed by atoms with Crippen LogP contribution in [0, 0.1) is 6.92 Å². The summed E-state index contributed by atoms with van der Waals surface area (Å²) >= 11 is 0. The Morgan fingerprint density at radius 3 is 2.70 bits per heavy atom. The van der Waals surface area contributed by atoms with Crippen LogP contribution in [0.15, 0.2) is 24.3 Å². The van der Waals surface area contributed by atoms with Crippen molar-refractivity contribution in [3.63, 3.8) is 0 Å². The minimum Gasteiger partial charge on any atom is -0.395 e. The van der Waals surface area contributed by atoms with Crippen LogP contribution in [0.3, 0.4) is 0 Å². The second-order valence-electron chi connectivity index (χ2n) is 5.19. The van der Waals surface area contributed by atoms with Crippen LogP contribution in [0.25, 0.3) is 11.4 Å². The highest BCUT2D eigenvalue weighted by Gasteiger charge is 2.19. The summed E-state index contributed by atoms with van der Waals surface area (Å²) in [5.41, 5.74) is 4.64. The lowest BCUT2D eigenvalue weighted by molar-refractivity contribution is 0.311. The number of aryl methyl sites for hydroxylation is 2. The molecule has 1 aromatic heterocycles. The maximum absolute atomic E-state index is 8.99. The van der Waals surface area contributed by atoms with E-state index in [0.717, 1.165) is 42.2 Å². The molecule has 104 valence electrons. The fourth-order valence-corrected chi connectivity index (χ4v) is 2.58. The molecule has 3 rings (SSSR count). The molecule has 0 unspecified atom stereocenters. The maximum atomic E-state index is 8.99. The number of benzene rings is 1. The normalized spacial score (nSPS) is 13.3. The van der Waals surface area contributed by atoms with Gasteiger partial charge in [0.25, 0.3) is 0 Å². The van der Waals surface area contributed by atoms with Gasteiger partial charge in [-0.25, -0.2) is 9.97 Å². The number of aliphatic hydroxyl groups is 1. The highest BCUT2D eigenvalue weighted by molar-refractivity contribution is 5.61. The zero-order valence-electron chi connectivity index (χ0n) is 11.7. The van der Waals surface area contributed by atoms with Gasteiger partial charge in [0.05, 0.1) is 6.61 Å². The number of nitrogens with zero attached hydrogens (tertiary/aromatic N) is 2. The number of rotatable bonds is 4. The summed E-state index contributed by atoms with van der Waals surface area (Å²) in [6.07, 6.45) is 3.18. The van der Waals surface area contributed by atoms with E-state index in [0.29, 0.717) is 6.54 Å². The Morgan fingerprint density at radius 1 is 1.15 bits per heavy atom. The topological polar surface area (TPSA) is 58.0 Å². The highest BCUT2D eigenvalue weighted by Crippen LogP contribution is 2.29. The fourth-order valence-electron chi connectivity index (χ4n) is 2.58. The molecule has 0 spiro atoms. The minimum atomic E-state index is 0.110. The second kappa shape index (κ2) is 5.59. The summed E-state index contributed by atoms with van der Waals surface area (Å²) in [6.45, 7) is 2.71. The third-order valence-electron chi connectivity index (χ3n) is 3.65. The molecule has 1 aromatic carbocycles. The Labute approximate surface area is 118 Å². The second-order valence-corrected chi connectivity index (χ2v) is 5.19. The molecule has 0 aliphatic heterocycles. The predicted octanol–water partition coefficient (Wildman–Crippen LogP) is 2.34. The van der Waals surface area contributed by atoms with Gasteiger partial charge >= 0.3 is 0 Å². The SMILES string of the molecule is Cc1ccc(-c2nc3c(c(NCCO)n2)CCC3)cc1. The predicted molar refractivity (Wildman–Crippen MR) is 79.8 cm³/mol. The summed E-state index contributed by atoms with van der Waals surface area (Å²) in [4.78, 5) is 9.36. The third-order valence-corrected chi connectivity index (χ3v) is 3.65. The third kappa shape index (κ3) is 2.51. The van der Waals surface area contributed by atoms with Gasteiger partial charge in [0.1, 0.15) is 5.82 Å². The molecule has 0 amide bonds. The largest absolute Gasteiger partial charge is 0.395 e. The molecule has 0 saturated carbocycles. The molecule has 4 nitrogen and oxygen atoms in total. The molecule has 1 heterocycles.